The van der Waals surface area contributed by atoms with E-state index < -0.39 is 0 Å². The molecule has 0 saturated carbocycles. The van der Waals surface area contributed by atoms with Gasteiger partial charge in [-0.3, -0.25) is 4.79 Å². The van der Waals surface area contributed by atoms with E-state index in [0.717, 1.165) is 11.3 Å². The third-order valence-corrected chi connectivity index (χ3v) is 4.43. The first-order valence-electron chi connectivity index (χ1n) is 9.75. The second-order valence-electron chi connectivity index (χ2n) is 6.30. The number of nitrogens with one attached hydrogen (secondary N) is 1. The number of fused-ring (bicyclic) bond motifs is 2. The lowest BCUT2D eigenvalue weighted by atomic mass is 10.1. The van der Waals surface area contributed by atoms with Gasteiger partial charge in [0.25, 0.3) is 5.91 Å². The van der Waals surface area contributed by atoms with Crippen molar-refractivity contribution in [3.05, 3.63) is 71.9 Å². The monoisotopic (exact) mass is 403 g/mol. The van der Waals surface area contributed by atoms with E-state index in [1.807, 2.05) is 38.1 Å². The molecule has 5 rings (SSSR count). The summed E-state index contributed by atoms with van der Waals surface area (Å²) in [6, 6.07) is 16.3. The van der Waals surface area contributed by atoms with Crippen LogP contribution in [0.25, 0.3) is 22.7 Å². The van der Waals surface area contributed by atoms with Crippen LogP contribution < -0.4 is 14.8 Å². The Bertz CT molecular complexity index is 1150. The van der Waals surface area contributed by atoms with Crippen LogP contribution in [0.4, 0.5) is 0 Å². The van der Waals surface area contributed by atoms with Gasteiger partial charge in [0.1, 0.15) is 0 Å². The van der Waals surface area contributed by atoms with E-state index in [9.17, 15) is 4.79 Å². The highest BCUT2D eigenvalue weighted by atomic mass is 16.7. The molecule has 152 valence electrons. The molecule has 0 saturated heterocycles. The van der Waals surface area contributed by atoms with Gasteiger partial charge in [-0.05, 0) is 48.0 Å². The Morgan fingerprint density at radius 3 is 2.77 bits per heavy atom. The zero-order valence-electron chi connectivity index (χ0n) is 16.7. The maximum atomic E-state index is 12.6. The van der Waals surface area contributed by atoms with Crippen LogP contribution in [0.5, 0.6) is 11.5 Å². The van der Waals surface area contributed by atoms with Crippen molar-refractivity contribution in [3.8, 4) is 23.0 Å². The van der Waals surface area contributed by atoms with E-state index in [-0.39, 0.29) is 12.7 Å². The fraction of sp³-hybridized carbons (Fsp3) is 0.174. The number of benzene rings is 2. The summed E-state index contributed by atoms with van der Waals surface area (Å²) in [5.74, 6) is 1.65. The van der Waals surface area contributed by atoms with E-state index in [2.05, 4.69) is 15.3 Å². The van der Waals surface area contributed by atoms with Crippen LogP contribution in [0.2, 0.25) is 0 Å². The molecule has 1 N–H and O–H groups in total. The Balaban J connectivity index is 0.00000106. The number of rotatable bonds is 4. The van der Waals surface area contributed by atoms with Gasteiger partial charge in [0, 0.05) is 23.9 Å². The molecule has 7 heteroatoms. The second-order valence-corrected chi connectivity index (χ2v) is 6.30. The van der Waals surface area contributed by atoms with Crippen molar-refractivity contribution < 1.29 is 18.7 Å². The number of carbonyl (C=O) groups is 1. The molecule has 1 amide bonds. The number of nitrogens with zero attached hydrogens (tertiary/aromatic N) is 2. The van der Waals surface area contributed by atoms with E-state index in [1.165, 1.54) is 0 Å². The number of hydrogen-bond donors (Lipinski definition) is 1. The minimum absolute atomic E-state index is 0.186. The molecule has 0 fully saturated rings. The number of aromatic nitrogens is 2. The van der Waals surface area contributed by atoms with Gasteiger partial charge < -0.3 is 19.2 Å². The van der Waals surface area contributed by atoms with E-state index in [4.69, 9.17) is 13.9 Å². The molecule has 7 nitrogen and oxygen atoms in total. The van der Waals surface area contributed by atoms with Gasteiger partial charge in [-0.1, -0.05) is 26.0 Å². The number of pyridine rings is 1. The maximum Gasteiger partial charge on any atom is 0.251 e. The van der Waals surface area contributed by atoms with Crippen molar-refractivity contribution in [3.63, 3.8) is 0 Å². The summed E-state index contributed by atoms with van der Waals surface area (Å²) in [6.45, 7) is 4.61. The number of ether oxygens (including phenoxy) is 2. The Kier molecular flexibility index (Phi) is 5.61. The number of oxazole rings is 1. The minimum Gasteiger partial charge on any atom is -0.454 e. The fourth-order valence-electron chi connectivity index (χ4n) is 3.02. The predicted octanol–water partition coefficient (Wildman–Crippen LogP) is 4.57. The molecule has 2 aromatic carbocycles. The zero-order chi connectivity index (χ0) is 20.9. The van der Waals surface area contributed by atoms with Crippen LogP contribution in [-0.4, -0.2) is 22.7 Å². The van der Waals surface area contributed by atoms with Gasteiger partial charge in [0.2, 0.25) is 12.7 Å². The largest absolute Gasteiger partial charge is 0.454 e. The lowest BCUT2D eigenvalue weighted by Crippen LogP contribution is -2.22. The van der Waals surface area contributed by atoms with Crippen LogP contribution in [0.1, 0.15) is 29.8 Å². The Hall–Kier alpha value is -3.87. The molecule has 3 heterocycles. The second kappa shape index (κ2) is 8.65. The van der Waals surface area contributed by atoms with Crippen molar-refractivity contribution >= 4 is 17.1 Å². The van der Waals surface area contributed by atoms with Crippen LogP contribution >= 0.6 is 0 Å². The molecule has 2 aromatic heterocycles. The Labute approximate surface area is 173 Å². The van der Waals surface area contributed by atoms with Crippen LogP contribution in [-0.2, 0) is 6.54 Å². The maximum absolute atomic E-state index is 12.6. The summed E-state index contributed by atoms with van der Waals surface area (Å²) in [5, 5.41) is 2.91. The first-order chi connectivity index (χ1) is 14.8. The summed E-state index contributed by atoms with van der Waals surface area (Å²) in [7, 11) is 0. The van der Waals surface area contributed by atoms with Crippen LogP contribution in [0.3, 0.4) is 0 Å². The first kappa shape index (κ1) is 19.4. The van der Waals surface area contributed by atoms with Crippen LogP contribution in [0, 0.1) is 0 Å². The van der Waals surface area contributed by atoms with Crippen molar-refractivity contribution in [2.45, 2.75) is 20.4 Å². The van der Waals surface area contributed by atoms with Gasteiger partial charge in [0.05, 0.1) is 0 Å². The van der Waals surface area contributed by atoms with E-state index in [1.54, 1.807) is 36.5 Å². The predicted molar refractivity (Wildman–Crippen MR) is 112 cm³/mol. The third kappa shape index (κ3) is 3.96. The average molecular weight is 403 g/mol. The highest BCUT2D eigenvalue weighted by Crippen LogP contribution is 2.32. The van der Waals surface area contributed by atoms with E-state index >= 15 is 0 Å². The van der Waals surface area contributed by atoms with Gasteiger partial charge in [-0.15, -0.1) is 0 Å². The standard InChI is InChI=1S/C21H15N3O4.C2H6/c25-20(23-11-13-6-7-16-18(9-13)27-12-26-16)14-3-1-4-15(10-14)21-24-19-17(28-21)5-2-8-22-19;1-2/h1-10H,11-12H2,(H,23,25);1-2H3. The van der Waals surface area contributed by atoms with Crippen LogP contribution in [0.15, 0.2) is 65.2 Å². The summed E-state index contributed by atoms with van der Waals surface area (Å²) < 4.78 is 16.4. The van der Waals surface area contributed by atoms with Crippen molar-refractivity contribution in [2.75, 3.05) is 6.79 Å². The molecular weight excluding hydrogens is 382 g/mol. The first-order valence-corrected chi connectivity index (χ1v) is 9.75. The molecule has 1 aliphatic rings. The quantitative estimate of drug-likeness (QED) is 0.537. The molecule has 0 aliphatic carbocycles. The smallest absolute Gasteiger partial charge is 0.251 e. The van der Waals surface area contributed by atoms with E-state index in [0.29, 0.717) is 40.5 Å². The molecule has 4 aromatic rings. The molecule has 0 bridgehead atoms. The third-order valence-electron chi connectivity index (χ3n) is 4.43. The van der Waals surface area contributed by atoms with Gasteiger partial charge in [-0.2, -0.15) is 4.98 Å². The molecule has 30 heavy (non-hydrogen) atoms. The van der Waals surface area contributed by atoms with Gasteiger partial charge in [0.15, 0.2) is 22.7 Å². The topological polar surface area (TPSA) is 86.5 Å². The van der Waals surface area contributed by atoms with Gasteiger partial charge >= 0.3 is 0 Å². The number of hydrogen-bond acceptors (Lipinski definition) is 6. The van der Waals surface area contributed by atoms with Crippen molar-refractivity contribution in [1.82, 2.24) is 15.3 Å². The average Bonchev–Trinajstić information content (AvgIpc) is 3.45. The number of amides is 1. The fourth-order valence-corrected chi connectivity index (χ4v) is 3.02. The van der Waals surface area contributed by atoms with Gasteiger partial charge in [-0.25, -0.2) is 4.98 Å². The molecule has 0 radical (unpaired) electrons. The highest BCUT2D eigenvalue weighted by molar-refractivity contribution is 5.95. The molecule has 0 spiro atoms. The number of carbonyl (C=O) groups excluding carboxylic acids is 1. The van der Waals surface area contributed by atoms with Crippen molar-refractivity contribution in [1.29, 1.82) is 0 Å². The lowest BCUT2D eigenvalue weighted by molar-refractivity contribution is 0.0951. The van der Waals surface area contributed by atoms with Crippen molar-refractivity contribution in [2.24, 2.45) is 0 Å². The molecule has 0 atom stereocenters. The minimum atomic E-state index is -0.186. The molecule has 1 aliphatic heterocycles. The summed E-state index contributed by atoms with van der Waals surface area (Å²) in [6.07, 6.45) is 1.66. The Morgan fingerprint density at radius 2 is 1.90 bits per heavy atom. The lowest BCUT2D eigenvalue weighted by Gasteiger charge is -2.07. The summed E-state index contributed by atoms with van der Waals surface area (Å²) >= 11 is 0. The SMILES string of the molecule is CC.O=C(NCc1ccc2c(c1)OCO2)c1cccc(-c2nc3ncccc3o2)c1. The summed E-state index contributed by atoms with van der Waals surface area (Å²) in [5.41, 5.74) is 3.31. The Morgan fingerprint density at radius 1 is 1.03 bits per heavy atom. The normalized spacial score (nSPS) is 11.7. The molecular formula is C23H21N3O4. The molecule has 0 unspecified atom stereocenters. The highest BCUT2D eigenvalue weighted by Gasteiger charge is 2.15. The summed E-state index contributed by atoms with van der Waals surface area (Å²) in [4.78, 5) is 21.1. The zero-order valence-corrected chi connectivity index (χ0v) is 16.7.